The molecular formula is C29H21N3O7. The van der Waals surface area contributed by atoms with E-state index in [1.54, 1.807) is 18.2 Å². The summed E-state index contributed by atoms with van der Waals surface area (Å²) in [5.41, 5.74) is 1.82. The van der Waals surface area contributed by atoms with Gasteiger partial charge < -0.3 is 14.4 Å². The first-order chi connectivity index (χ1) is 18.9. The molecule has 10 nitrogen and oxygen atoms in total. The first-order valence-electron chi connectivity index (χ1n) is 12.6. The highest BCUT2D eigenvalue weighted by Crippen LogP contribution is 2.50. The minimum Gasteiger partial charge on any atom is -0.486 e. The standard InChI is InChI=1S/C29H21N3O7/c33-27(17-5-3-6-19(14-17)32(36)37)26-25-24(21-10-8-16-4-1-2-7-20(16)31(21)26)28(34)30(29(25)35)18-9-11-22-23(15-18)39-13-12-38-22/h1-11,14-15,21,24-26H,12-13H2/t21-,24-,25+,26+/m1/s1. The number of benzene rings is 3. The molecule has 2 amide bonds. The van der Waals surface area contributed by atoms with E-state index in [9.17, 15) is 24.5 Å². The highest BCUT2D eigenvalue weighted by molar-refractivity contribution is 6.25. The smallest absolute Gasteiger partial charge is 0.270 e. The van der Waals surface area contributed by atoms with Gasteiger partial charge in [-0.1, -0.05) is 42.5 Å². The van der Waals surface area contributed by atoms with Crippen LogP contribution < -0.4 is 19.3 Å². The van der Waals surface area contributed by atoms with E-state index in [2.05, 4.69) is 0 Å². The third-order valence-corrected chi connectivity index (χ3v) is 7.81. The van der Waals surface area contributed by atoms with Crippen molar-refractivity contribution in [3.8, 4) is 11.5 Å². The molecule has 3 aromatic carbocycles. The van der Waals surface area contributed by atoms with E-state index >= 15 is 0 Å². The van der Waals surface area contributed by atoms with Crippen LogP contribution in [0.5, 0.6) is 11.5 Å². The van der Waals surface area contributed by atoms with Crippen molar-refractivity contribution < 1.29 is 28.8 Å². The fourth-order valence-corrected chi connectivity index (χ4v) is 6.18. The van der Waals surface area contributed by atoms with Crippen molar-refractivity contribution in [3.63, 3.8) is 0 Å². The largest absolute Gasteiger partial charge is 0.486 e. The normalized spacial score (nSPS) is 24.3. The van der Waals surface area contributed by atoms with E-state index in [1.165, 1.54) is 24.3 Å². The summed E-state index contributed by atoms with van der Waals surface area (Å²) in [4.78, 5) is 55.9. The van der Waals surface area contributed by atoms with Gasteiger partial charge in [-0.05, 0) is 23.8 Å². The minimum atomic E-state index is -1.04. The zero-order valence-electron chi connectivity index (χ0n) is 20.4. The molecule has 4 heterocycles. The molecule has 4 aliphatic heterocycles. The number of nitro benzene ring substituents is 1. The summed E-state index contributed by atoms with van der Waals surface area (Å²) in [6, 6.07) is 16.3. The Labute approximate surface area is 222 Å². The number of anilines is 2. The molecule has 2 saturated heterocycles. The Balaban J connectivity index is 1.34. The van der Waals surface area contributed by atoms with Gasteiger partial charge in [0.15, 0.2) is 17.3 Å². The number of carbonyl (C=O) groups excluding carboxylic acids is 3. The number of nitrogens with zero attached hydrogens (tertiary/aromatic N) is 3. The predicted octanol–water partition coefficient (Wildman–Crippen LogP) is 3.64. The number of carbonyl (C=O) groups is 3. The third-order valence-electron chi connectivity index (χ3n) is 7.81. The van der Waals surface area contributed by atoms with Gasteiger partial charge in [0.2, 0.25) is 11.8 Å². The number of rotatable bonds is 4. The Bertz CT molecular complexity index is 1620. The number of fused-ring (bicyclic) bond motifs is 6. The monoisotopic (exact) mass is 523 g/mol. The van der Waals surface area contributed by atoms with Crippen LogP contribution in [0.4, 0.5) is 17.1 Å². The Hall–Kier alpha value is -4.99. The molecule has 0 saturated carbocycles. The maximum Gasteiger partial charge on any atom is 0.270 e. The van der Waals surface area contributed by atoms with E-state index in [0.29, 0.717) is 30.4 Å². The number of Topliss-reactive ketones (excluding diaryl/α,β-unsaturated/α-hetero) is 1. The van der Waals surface area contributed by atoms with Crippen LogP contribution in [0.25, 0.3) is 6.08 Å². The molecule has 10 heteroatoms. The highest BCUT2D eigenvalue weighted by atomic mass is 16.6. The van der Waals surface area contributed by atoms with Crippen molar-refractivity contribution in [1.29, 1.82) is 0 Å². The summed E-state index contributed by atoms with van der Waals surface area (Å²) in [7, 11) is 0. The number of nitro groups is 1. The van der Waals surface area contributed by atoms with Crippen LogP contribution in [0.3, 0.4) is 0 Å². The van der Waals surface area contributed by atoms with Crippen LogP contribution in [0.15, 0.2) is 72.8 Å². The summed E-state index contributed by atoms with van der Waals surface area (Å²) < 4.78 is 11.2. The quantitative estimate of drug-likeness (QED) is 0.220. The average molecular weight is 524 g/mol. The molecule has 0 aliphatic carbocycles. The molecule has 2 fully saturated rings. The Kier molecular flexibility index (Phi) is 5.06. The number of non-ortho nitro benzene ring substituents is 1. The van der Waals surface area contributed by atoms with Crippen LogP contribution in [0.1, 0.15) is 15.9 Å². The van der Waals surface area contributed by atoms with Gasteiger partial charge in [0.25, 0.3) is 5.69 Å². The number of ketones is 1. The summed E-state index contributed by atoms with van der Waals surface area (Å²) in [6.07, 6.45) is 3.76. The summed E-state index contributed by atoms with van der Waals surface area (Å²) in [6.45, 7) is 0.759. The van der Waals surface area contributed by atoms with E-state index < -0.39 is 46.4 Å². The molecule has 194 valence electrons. The number of hydrogen-bond acceptors (Lipinski definition) is 8. The van der Waals surface area contributed by atoms with Crippen LogP contribution in [0, 0.1) is 22.0 Å². The summed E-state index contributed by atoms with van der Waals surface area (Å²) in [5, 5.41) is 11.4. The van der Waals surface area contributed by atoms with Crippen molar-refractivity contribution >= 4 is 40.7 Å². The second kappa shape index (κ2) is 8.52. The number of imide groups is 1. The molecule has 4 atom stereocenters. The van der Waals surface area contributed by atoms with Gasteiger partial charge in [-0.25, -0.2) is 4.90 Å². The summed E-state index contributed by atoms with van der Waals surface area (Å²) >= 11 is 0. The van der Waals surface area contributed by atoms with Crippen molar-refractivity contribution in [3.05, 3.63) is 94.0 Å². The highest BCUT2D eigenvalue weighted by Gasteiger charge is 2.64. The topological polar surface area (TPSA) is 119 Å². The lowest BCUT2D eigenvalue weighted by Gasteiger charge is -2.36. The van der Waals surface area contributed by atoms with Gasteiger partial charge in [0, 0.05) is 29.4 Å². The second-order valence-corrected chi connectivity index (χ2v) is 9.82. The molecule has 3 aromatic rings. The van der Waals surface area contributed by atoms with Gasteiger partial charge in [0.05, 0.1) is 28.5 Å². The SMILES string of the molecule is O=C(c1cccc([N+](=O)[O-])c1)[C@@H]1[C@H]2C(=O)N(c3ccc4c(c3)OCCO4)C(=O)[C@@H]2[C@H]2C=Cc3ccccc3N21. The van der Waals surface area contributed by atoms with E-state index in [4.69, 9.17) is 9.47 Å². The zero-order valence-corrected chi connectivity index (χ0v) is 20.4. The van der Waals surface area contributed by atoms with Crippen LogP contribution in [-0.2, 0) is 9.59 Å². The van der Waals surface area contributed by atoms with Crippen LogP contribution in [-0.4, -0.2) is 47.8 Å². The van der Waals surface area contributed by atoms with Crippen molar-refractivity contribution in [2.24, 2.45) is 11.8 Å². The molecule has 39 heavy (non-hydrogen) atoms. The fraction of sp³-hybridized carbons (Fsp3) is 0.207. The van der Waals surface area contributed by atoms with Gasteiger partial charge in [-0.2, -0.15) is 0 Å². The van der Waals surface area contributed by atoms with Crippen molar-refractivity contribution in [2.75, 3.05) is 23.0 Å². The lowest BCUT2D eigenvalue weighted by molar-refractivity contribution is -0.384. The van der Waals surface area contributed by atoms with Gasteiger partial charge >= 0.3 is 0 Å². The van der Waals surface area contributed by atoms with Gasteiger partial charge in [-0.15, -0.1) is 0 Å². The minimum absolute atomic E-state index is 0.110. The van der Waals surface area contributed by atoms with Crippen LogP contribution in [0.2, 0.25) is 0 Å². The lowest BCUT2D eigenvalue weighted by Crippen LogP contribution is -2.48. The molecular weight excluding hydrogens is 502 g/mol. The van der Waals surface area contributed by atoms with E-state index in [0.717, 1.165) is 16.2 Å². The molecule has 0 bridgehead atoms. The van der Waals surface area contributed by atoms with Crippen molar-refractivity contribution in [2.45, 2.75) is 12.1 Å². The molecule has 7 rings (SSSR count). The molecule has 0 N–H and O–H groups in total. The zero-order chi connectivity index (χ0) is 26.8. The first kappa shape index (κ1) is 23.2. The molecule has 0 spiro atoms. The molecule has 0 aromatic heterocycles. The van der Waals surface area contributed by atoms with E-state index in [-0.39, 0.29) is 11.3 Å². The van der Waals surface area contributed by atoms with Gasteiger partial charge in [-0.3, -0.25) is 24.5 Å². The number of ether oxygens (including phenoxy) is 2. The third kappa shape index (κ3) is 3.37. The van der Waals surface area contributed by atoms with E-state index in [1.807, 2.05) is 41.3 Å². The number of amides is 2. The number of hydrogen-bond donors (Lipinski definition) is 0. The maximum atomic E-state index is 14.1. The van der Waals surface area contributed by atoms with Gasteiger partial charge in [0.1, 0.15) is 19.3 Å². The Morgan fingerprint density at radius 1 is 0.897 bits per heavy atom. The number of para-hydroxylation sites is 1. The second-order valence-electron chi connectivity index (χ2n) is 9.82. The molecule has 4 aliphatic rings. The Morgan fingerprint density at radius 3 is 2.49 bits per heavy atom. The molecule has 0 unspecified atom stereocenters. The summed E-state index contributed by atoms with van der Waals surface area (Å²) in [5.74, 6) is -2.19. The average Bonchev–Trinajstić information content (AvgIpc) is 3.44. The lowest BCUT2D eigenvalue weighted by atomic mass is 9.86. The maximum absolute atomic E-state index is 14.1. The predicted molar refractivity (Wildman–Crippen MR) is 140 cm³/mol. The van der Waals surface area contributed by atoms with Crippen LogP contribution >= 0.6 is 0 Å². The first-order valence-corrected chi connectivity index (χ1v) is 12.6. The fourth-order valence-electron chi connectivity index (χ4n) is 6.18. The molecule has 0 radical (unpaired) electrons. The van der Waals surface area contributed by atoms with Crippen molar-refractivity contribution in [1.82, 2.24) is 0 Å². The Morgan fingerprint density at radius 2 is 1.67 bits per heavy atom.